The molecule has 2 heterocycles. The molecule has 7 nitrogen and oxygen atoms in total. The van der Waals surface area contributed by atoms with Gasteiger partial charge in [-0.25, -0.2) is 4.98 Å². The Morgan fingerprint density at radius 1 is 1.20 bits per heavy atom. The van der Waals surface area contributed by atoms with Gasteiger partial charge in [0.2, 0.25) is 5.89 Å². The number of hydrogen-bond donors (Lipinski definition) is 3. The monoisotopic (exact) mass is 404 g/mol. The Kier molecular flexibility index (Phi) is 5.81. The lowest BCUT2D eigenvalue weighted by molar-refractivity contribution is 0.0945. The highest BCUT2D eigenvalue weighted by Gasteiger charge is 2.19. The Morgan fingerprint density at radius 2 is 2.00 bits per heavy atom. The third-order valence-electron chi connectivity index (χ3n) is 4.90. The second-order valence-electron chi connectivity index (χ2n) is 6.96. The molecule has 0 bridgehead atoms. The number of carbonyl (C=O) groups is 1. The van der Waals surface area contributed by atoms with E-state index in [0.29, 0.717) is 25.5 Å². The molecule has 30 heavy (non-hydrogen) atoms. The number of amides is 1. The molecule has 7 heteroatoms. The van der Waals surface area contributed by atoms with Gasteiger partial charge in [-0.15, -0.1) is 0 Å². The summed E-state index contributed by atoms with van der Waals surface area (Å²) in [6.07, 6.45) is 3.83. The van der Waals surface area contributed by atoms with Crippen LogP contribution in [-0.4, -0.2) is 22.5 Å². The number of fused-ring (bicyclic) bond motifs is 1. The van der Waals surface area contributed by atoms with E-state index in [1.54, 1.807) is 0 Å². The minimum absolute atomic E-state index is 0.202. The first kappa shape index (κ1) is 19.7. The predicted octanol–water partition coefficient (Wildman–Crippen LogP) is 3.73. The molecule has 4 aromatic rings. The molecule has 2 aromatic heterocycles. The van der Waals surface area contributed by atoms with Crippen LogP contribution >= 0.6 is 0 Å². The van der Waals surface area contributed by atoms with Crippen molar-refractivity contribution in [2.24, 2.45) is 5.73 Å². The molecule has 154 valence electrons. The Bertz CT molecular complexity index is 1150. The summed E-state index contributed by atoms with van der Waals surface area (Å²) >= 11 is 0. The maximum Gasteiger partial charge on any atom is 0.273 e. The van der Waals surface area contributed by atoms with Crippen LogP contribution in [0.15, 0.2) is 65.4 Å². The summed E-state index contributed by atoms with van der Waals surface area (Å²) in [5, 5.41) is 3.96. The number of rotatable bonds is 8. The molecule has 0 spiro atoms. The molecule has 0 fully saturated rings. The van der Waals surface area contributed by atoms with Gasteiger partial charge in [-0.3, -0.25) is 4.79 Å². The normalized spacial score (nSPS) is 12.1. The van der Waals surface area contributed by atoms with E-state index in [9.17, 15) is 4.79 Å². The number of nitrogens with zero attached hydrogens (tertiary/aromatic N) is 1. The van der Waals surface area contributed by atoms with E-state index in [-0.39, 0.29) is 11.6 Å². The van der Waals surface area contributed by atoms with E-state index in [2.05, 4.69) is 15.3 Å². The number of nitrogens with two attached hydrogens (primary N) is 1. The van der Waals surface area contributed by atoms with Crippen LogP contribution in [0.4, 0.5) is 0 Å². The van der Waals surface area contributed by atoms with Crippen LogP contribution in [0.2, 0.25) is 0 Å². The van der Waals surface area contributed by atoms with Crippen molar-refractivity contribution in [2.75, 3.05) is 6.61 Å². The molecule has 4 N–H and O–H groups in total. The number of nitrogens with one attached hydrogen (secondary N) is 2. The minimum Gasteiger partial charge on any atom is -0.494 e. The molecule has 1 amide bonds. The number of para-hydroxylation sites is 2. The summed E-state index contributed by atoms with van der Waals surface area (Å²) in [7, 11) is 0. The van der Waals surface area contributed by atoms with E-state index in [1.165, 1.54) is 6.26 Å². The van der Waals surface area contributed by atoms with Gasteiger partial charge < -0.3 is 25.2 Å². The van der Waals surface area contributed by atoms with Crippen LogP contribution in [0.5, 0.6) is 5.75 Å². The molecule has 4 rings (SSSR count). The fraction of sp³-hybridized carbons (Fsp3) is 0.217. The third-order valence-corrected chi connectivity index (χ3v) is 4.90. The van der Waals surface area contributed by atoms with Gasteiger partial charge in [0, 0.05) is 29.2 Å². The molecule has 0 saturated carbocycles. The Morgan fingerprint density at radius 3 is 2.87 bits per heavy atom. The molecule has 0 radical (unpaired) electrons. The number of carbonyl (C=O) groups excluding carboxylic acids is 1. The fourth-order valence-corrected chi connectivity index (χ4v) is 3.40. The van der Waals surface area contributed by atoms with Crippen LogP contribution in [0.1, 0.15) is 40.5 Å². The predicted molar refractivity (Wildman–Crippen MR) is 114 cm³/mol. The first-order chi connectivity index (χ1) is 14.7. The summed E-state index contributed by atoms with van der Waals surface area (Å²) in [6.45, 7) is 2.82. The Balaban J connectivity index is 1.40. The van der Waals surface area contributed by atoms with Crippen LogP contribution in [0, 0.1) is 0 Å². The van der Waals surface area contributed by atoms with Crippen molar-refractivity contribution in [2.45, 2.75) is 25.9 Å². The van der Waals surface area contributed by atoms with Crippen molar-refractivity contribution in [3.63, 3.8) is 0 Å². The van der Waals surface area contributed by atoms with Crippen molar-refractivity contribution in [3.8, 4) is 5.75 Å². The quantitative estimate of drug-likeness (QED) is 0.415. The summed E-state index contributed by atoms with van der Waals surface area (Å²) in [6, 6.07) is 15.2. The van der Waals surface area contributed by atoms with Gasteiger partial charge in [-0.05, 0) is 31.0 Å². The lowest BCUT2D eigenvalue weighted by Gasteiger charge is -2.10. The number of H-pyrrole nitrogens is 1. The average molecular weight is 404 g/mol. The molecule has 0 aliphatic rings. The first-order valence-electron chi connectivity index (χ1n) is 9.90. The molecule has 1 unspecified atom stereocenters. The number of aromatic nitrogens is 2. The van der Waals surface area contributed by atoms with Crippen LogP contribution in [0.3, 0.4) is 0 Å². The summed E-state index contributed by atoms with van der Waals surface area (Å²) in [5.41, 5.74) is 9.52. The minimum atomic E-state index is -0.454. The average Bonchev–Trinajstić information content (AvgIpc) is 3.41. The molecule has 1 atom stereocenters. The summed E-state index contributed by atoms with van der Waals surface area (Å²) in [5.74, 6) is 0.762. The Labute approximate surface area is 174 Å². The van der Waals surface area contributed by atoms with Crippen molar-refractivity contribution < 1.29 is 13.9 Å². The molecular weight excluding hydrogens is 380 g/mol. The van der Waals surface area contributed by atoms with Gasteiger partial charge in [0.1, 0.15) is 12.0 Å². The summed E-state index contributed by atoms with van der Waals surface area (Å²) in [4.78, 5) is 20.0. The zero-order valence-corrected chi connectivity index (χ0v) is 16.7. The van der Waals surface area contributed by atoms with Crippen molar-refractivity contribution >= 4 is 16.8 Å². The van der Waals surface area contributed by atoms with Gasteiger partial charge in [-0.1, -0.05) is 36.4 Å². The van der Waals surface area contributed by atoms with Gasteiger partial charge in [0.25, 0.3) is 5.91 Å². The number of aromatic amines is 1. The highest BCUT2D eigenvalue weighted by Crippen LogP contribution is 2.23. The maximum atomic E-state index is 12.5. The summed E-state index contributed by atoms with van der Waals surface area (Å²) < 4.78 is 11.1. The third kappa shape index (κ3) is 4.21. The van der Waals surface area contributed by atoms with Gasteiger partial charge in [0.15, 0.2) is 5.69 Å². The smallest absolute Gasteiger partial charge is 0.273 e. The van der Waals surface area contributed by atoms with Gasteiger partial charge >= 0.3 is 0 Å². The standard InChI is InChI=1S/C23H24N4O3/c1-2-29-21-10-6-3-7-15(21)12-26-22(28)20-14-30-23(27-20)18(24)11-16-13-25-19-9-5-4-8-17(16)19/h3-10,13-14,18,25H,2,11-12,24H2,1H3,(H,26,28). The first-order valence-corrected chi connectivity index (χ1v) is 9.90. The largest absolute Gasteiger partial charge is 0.494 e. The molecule has 0 aliphatic carbocycles. The van der Waals surface area contributed by atoms with Crippen LogP contribution < -0.4 is 15.8 Å². The molecule has 0 aliphatic heterocycles. The van der Waals surface area contributed by atoms with Crippen molar-refractivity contribution in [1.82, 2.24) is 15.3 Å². The van der Waals surface area contributed by atoms with Gasteiger partial charge in [-0.2, -0.15) is 0 Å². The van der Waals surface area contributed by atoms with Crippen molar-refractivity contribution in [3.05, 3.63) is 83.7 Å². The maximum absolute atomic E-state index is 12.5. The Hall–Kier alpha value is -3.58. The number of hydrogen-bond acceptors (Lipinski definition) is 5. The highest BCUT2D eigenvalue weighted by atomic mass is 16.5. The molecular formula is C23H24N4O3. The lowest BCUT2D eigenvalue weighted by atomic mass is 10.1. The SMILES string of the molecule is CCOc1ccccc1CNC(=O)c1coc(C(N)Cc2c[nH]c3ccccc23)n1. The van der Waals surface area contributed by atoms with Gasteiger partial charge in [0.05, 0.1) is 12.6 Å². The van der Waals surface area contributed by atoms with E-state index in [1.807, 2.05) is 61.7 Å². The molecule has 2 aromatic carbocycles. The van der Waals surface area contributed by atoms with E-state index >= 15 is 0 Å². The fourth-order valence-electron chi connectivity index (χ4n) is 3.40. The van der Waals surface area contributed by atoms with Crippen LogP contribution in [0.25, 0.3) is 10.9 Å². The second kappa shape index (κ2) is 8.84. The number of benzene rings is 2. The zero-order valence-electron chi connectivity index (χ0n) is 16.7. The zero-order chi connectivity index (χ0) is 20.9. The highest BCUT2D eigenvalue weighted by molar-refractivity contribution is 5.91. The second-order valence-corrected chi connectivity index (χ2v) is 6.96. The van der Waals surface area contributed by atoms with Crippen LogP contribution in [-0.2, 0) is 13.0 Å². The van der Waals surface area contributed by atoms with E-state index < -0.39 is 6.04 Å². The number of oxazole rings is 1. The van der Waals surface area contributed by atoms with E-state index in [4.69, 9.17) is 14.9 Å². The number of ether oxygens (including phenoxy) is 1. The topological polar surface area (TPSA) is 106 Å². The van der Waals surface area contributed by atoms with E-state index in [0.717, 1.165) is 27.8 Å². The molecule has 0 saturated heterocycles. The van der Waals surface area contributed by atoms with Crippen molar-refractivity contribution in [1.29, 1.82) is 0 Å². The lowest BCUT2D eigenvalue weighted by Crippen LogP contribution is -2.24.